The Balaban J connectivity index is 1.65. The fraction of sp³-hybridized carbons (Fsp3) is 0.316. The van der Waals surface area contributed by atoms with Crippen LogP contribution in [0.1, 0.15) is 30.0 Å². The average molecular weight is 416 g/mol. The van der Waals surface area contributed by atoms with Crippen LogP contribution in [0, 0.1) is 0 Å². The molecular weight excluding hydrogens is 396 g/mol. The van der Waals surface area contributed by atoms with E-state index in [4.69, 9.17) is 4.74 Å². The molecule has 0 bridgehead atoms. The number of aromatic nitrogens is 1. The van der Waals surface area contributed by atoms with Crippen molar-refractivity contribution in [1.29, 1.82) is 0 Å². The first kappa shape index (κ1) is 20.5. The number of hydrogen-bond donors (Lipinski definition) is 3. The van der Waals surface area contributed by atoms with Crippen molar-refractivity contribution < 1.29 is 23.9 Å². The molecule has 1 fully saturated rings. The van der Waals surface area contributed by atoms with Crippen molar-refractivity contribution >= 4 is 35.2 Å². The number of ketones is 1. The summed E-state index contributed by atoms with van der Waals surface area (Å²) in [5, 5.41) is 9.16. The van der Waals surface area contributed by atoms with E-state index in [9.17, 15) is 19.2 Å². The number of nitrogens with zero attached hydrogens (tertiary/aromatic N) is 1. The number of carbonyl (C=O) groups excluding carboxylic acids is 4. The molecule has 2 heterocycles. The summed E-state index contributed by atoms with van der Waals surface area (Å²) in [5.41, 5.74) is 1.26. The van der Waals surface area contributed by atoms with E-state index < -0.39 is 35.8 Å². The van der Waals surface area contributed by atoms with Gasteiger partial charge in [-0.1, -0.05) is 30.3 Å². The molecule has 0 spiro atoms. The number of carbonyl (C=O) groups is 4. The minimum Gasteiger partial charge on any atom is -0.445 e. The van der Waals surface area contributed by atoms with Gasteiger partial charge in [-0.05, 0) is 29.9 Å². The van der Waals surface area contributed by atoms with Crippen LogP contribution < -0.4 is 16.0 Å². The Labute approximate surface area is 171 Å². The Hall–Kier alpha value is -3.27. The maximum absolute atomic E-state index is 12.8. The summed E-state index contributed by atoms with van der Waals surface area (Å²) in [4.78, 5) is 48.8. The van der Waals surface area contributed by atoms with Gasteiger partial charge in [0.25, 0.3) is 5.91 Å². The van der Waals surface area contributed by atoms with Crippen molar-refractivity contribution in [2.75, 3.05) is 6.54 Å². The Kier molecular flexibility index (Phi) is 6.90. The molecule has 1 saturated heterocycles. The van der Waals surface area contributed by atoms with Crippen LogP contribution in [0.25, 0.3) is 0 Å². The van der Waals surface area contributed by atoms with Crippen molar-refractivity contribution in [1.82, 2.24) is 20.3 Å². The second kappa shape index (κ2) is 9.78. The largest absolute Gasteiger partial charge is 0.445 e. The van der Waals surface area contributed by atoms with Crippen LogP contribution in [0.3, 0.4) is 0 Å². The molecule has 3 rings (SSSR count). The maximum Gasteiger partial charge on any atom is 0.408 e. The van der Waals surface area contributed by atoms with Crippen molar-refractivity contribution in [3.05, 3.63) is 53.0 Å². The molecule has 3 amide bonds. The SMILES string of the molecule is O=C(NC(C(=O)NC1CCCNC(=O)C1=O)c1cnsc1)OCc1ccccc1. The molecule has 0 aliphatic carbocycles. The third-order valence-electron chi connectivity index (χ3n) is 4.33. The minimum atomic E-state index is -1.10. The molecule has 29 heavy (non-hydrogen) atoms. The van der Waals surface area contributed by atoms with Crippen molar-refractivity contribution in [3.8, 4) is 0 Å². The Bertz CT molecular complexity index is 872. The summed E-state index contributed by atoms with van der Waals surface area (Å²) in [5.74, 6) is -2.05. The van der Waals surface area contributed by atoms with Gasteiger partial charge >= 0.3 is 6.09 Å². The molecule has 2 aromatic rings. The van der Waals surface area contributed by atoms with Gasteiger partial charge in [0.1, 0.15) is 12.6 Å². The number of rotatable bonds is 6. The molecule has 152 valence electrons. The first-order valence-electron chi connectivity index (χ1n) is 9.03. The average Bonchev–Trinajstić information content (AvgIpc) is 3.22. The molecule has 10 heteroatoms. The zero-order valence-electron chi connectivity index (χ0n) is 15.4. The summed E-state index contributed by atoms with van der Waals surface area (Å²) in [7, 11) is 0. The van der Waals surface area contributed by atoms with Gasteiger partial charge in [0.15, 0.2) is 0 Å². The van der Waals surface area contributed by atoms with E-state index in [-0.39, 0.29) is 6.61 Å². The predicted molar refractivity (Wildman–Crippen MR) is 104 cm³/mol. The third kappa shape index (κ3) is 5.61. The molecular formula is C19H20N4O5S. The van der Waals surface area contributed by atoms with E-state index in [0.717, 1.165) is 17.1 Å². The van der Waals surface area contributed by atoms with Crippen LogP contribution in [0.5, 0.6) is 0 Å². The smallest absolute Gasteiger partial charge is 0.408 e. The van der Waals surface area contributed by atoms with E-state index >= 15 is 0 Å². The number of amides is 3. The van der Waals surface area contributed by atoms with E-state index in [1.165, 1.54) is 6.20 Å². The highest BCUT2D eigenvalue weighted by molar-refractivity contribution is 7.03. The van der Waals surface area contributed by atoms with Gasteiger partial charge in [-0.3, -0.25) is 14.4 Å². The molecule has 1 aliphatic heterocycles. The number of benzene rings is 1. The fourth-order valence-corrected chi connectivity index (χ4v) is 3.38. The molecule has 1 aromatic heterocycles. The quantitative estimate of drug-likeness (QED) is 0.605. The number of Topliss-reactive ketones (excluding diaryl/α,β-unsaturated/α-hetero) is 1. The molecule has 2 atom stereocenters. The summed E-state index contributed by atoms with van der Waals surface area (Å²) in [6, 6.07) is 7.07. The van der Waals surface area contributed by atoms with Crippen LogP contribution in [-0.4, -0.2) is 40.7 Å². The third-order valence-corrected chi connectivity index (χ3v) is 4.94. The van der Waals surface area contributed by atoms with E-state index in [0.29, 0.717) is 24.9 Å². The predicted octanol–water partition coefficient (Wildman–Crippen LogP) is 1.07. The summed E-state index contributed by atoms with van der Waals surface area (Å²) >= 11 is 1.12. The molecule has 0 saturated carbocycles. The van der Waals surface area contributed by atoms with E-state index in [1.54, 1.807) is 5.38 Å². The zero-order chi connectivity index (χ0) is 20.6. The van der Waals surface area contributed by atoms with Gasteiger partial charge < -0.3 is 20.7 Å². The van der Waals surface area contributed by atoms with Gasteiger partial charge in [-0.15, -0.1) is 0 Å². The number of ether oxygens (including phenoxy) is 1. The lowest BCUT2D eigenvalue weighted by molar-refractivity contribution is -0.139. The Morgan fingerprint density at radius 3 is 2.79 bits per heavy atom. The molecule has 1 aromatic carbocycles. The van der Waals surface area contributed by atoms with Crippen LogP contribution in [0.2, 0.25) is 0 Å². The molecule has 3 N–H and O–H groups in total. The lowest BCUT2D eigenvalue weighted by Gasteiger charge is -2.20. The van der Waals surface area contributed by atoms with Gasteiger partial charge in [0.05, 0.1) is 6.04 Å². The van der Waals surface area contributed by atoms with Crippen LogP contribution in [0.4, 0.5) is 4.79 Å². The summed E-state index contributed by atoms with van der Waals surface area (Å²) < 4.78 is 9.13. The molecule has 9 nitrogen and oxygen atoms in total. The van der Waals surface area contributed by atoms with Crippen molar-refractivity contribution in [2.45, 2.75) is 31.5 Å². The lowest BCUT2D eigenvalue weighted by Crippen LogP contribution is -2.49. The summed E-state index contributed by atoms with van der Waals surface area (Å²) in [6.45, 7) is 0.420. The lowest BCUT2D eigenvalue weighted by atomic mass is 10.1. The highest BCUT2D eigenvalue weighted by Crippen LogP contribution is 2.16. The standard InChI is InChI=1S/C19H20N4O5S/c24-16-14(7-4-8-20-18(16)26)22-17(25)15(13-9-21-29-11-13)23-19(27)28-10-12-5-2-1-3-6-12/h1-3,5-6,9,11,14-15H,4,7-8,10H2,(H,20,26)(H,22,25)(H,23,27). The second-order valence-electron chi connectivity index (χ2n) is 6.42. The van der Waals surface area contributed by atoms with E-state index in [1.807, 2.05) is 30.3 Å². The normalized spacial score (nSPS) is 17.6. The highest BCUT2D eigenvalue weighted by Gasteiger charge is 2.32. The minimum absolute atomic E-state index is 0.0458. The maximum atomic E-state index is 12.8. The first-order chi connectivity index (χ1) is 14.0. The van der Waals surface area contributed by atoms with Crippen LogP contribution >= 0.6 is 11.5 Å². The molecule has 0 radical (unpaired) electrons. The van der Waals surface area contributed by atoms with Crippen LogP contribution in [0.15, 0.2) is 41.9 Å². The Morgan fingerprint density at radius 1 is 1.28 bits per heavy atom. The Morgan fingerprint density at radius 2 is 2.07 bits per heavy atom. The van der Waals surface area contributed by atoms with Gasteiger partial charge in [0, 0.05) is 23.7 Å². The van der Waals surface area contributed by atoms with Gasteiger partial charge in [-0.25, -0.2) is 9.17 Å². The summed E-state index contributed by atoms with van der Waals surface area (Å²) in [6.07, 6.45) is 1.55. The fourth-order valence-electron chi connectivity index (χ4n) is 2.82. The number of alkyl carbamates (subject to hydrolysis) is 1. The van der Waals surface area contributed by atoms with E-state index in [2.05, 4.69) is 20.3 Å². The first-order valence-corrected chi connectivity index (χ1v) is 9.87. The highest BCUT2D eigenvalue weighted by atomic mass is 32.1. The number of hydrogen-bond acceptors (Lipinski definition) is 7. The monoisotopic (exact) mass is 416 g/mol. The van der Waals surface area contributed by atoms with Crippen molar-refractivity contribution in [2.24, 2.45) is 0 Å². The zero-order valence-corrected chi connectivity index (χ0v) is 16.2. The second-order valence-corrected chi connectivity index (χ2v) is 7.08. The van der Waals surface area contributed by atoms with Crippen LogP contribution in [-0.2, 0) is 25.7 Å². The number of nitrogens with one attached hydrogen (secondary N) is 3. The molecule has 2 unspecified atom stereocenters. The van der Waals surface area contributed by atoms with Crippen molar-refractivity contribution in [3.63, 3.8) is 0 Å². The topological polar surface area (TPSA) is 126 Å². The van der Waals surface area contributed by atoms with Gasteiger partial charge in [0.2, 0.25) is 11.7 Å². The molecule has 1 aliphatic rings. The van der Waals surface area contributed by atoms with Gasteiger partial charge in [-0.2, -0.15) is 0 Å².